The normalized spacial score (nSPS) is 13.4. The Labute approximate surface area is 111 Å². The smallest absolute Gasteiger partial charge is 0.228 e. The Morgan fingerprint density at radius 1 is 1.37 bits per heavy atom. The average molecular weight is 256 g/mol. The van der Waals surface area contributed by atoms with Crippen molar-refractivity contribution in [1.29, 1.82) is 0 Å². The van der Waals surface area contributed by atoms with Gasteiger partial charge in [-0.2, -0.15) is 5.10 Å². The molecule has 0 aliphatic carbocycles. The Kier molecular flexibility index (Phi) is 3.05. The number of rotatable bonds is 4. The van der Waals surface area contributed by atoms with Crippen molar-refractivity contribution in [2.75, 3.05) is 18.9 Å². The molecule has 0 saturated heterocycles. The number of aromatic nitrogens is 2. The number of benzene rings is 1. The second-order valence-electron chi connectivity index (χ2n) is 4.73. The van der Waals surface area contributed by atoms with E-state index in [1.54, 1.807) is 0 Å². The van der Waals surface area contributed by atoms with Crippen LogP contribution < -0.4 is 10.6 Å². The molecule has 5 heteroatoms. The number of anilines is 1. The van der Waals surface area contributed by atoms with Crippen molar-refractivity contribution in [3.05, 3.63) is 35.5 Å². The fourth-order valence-electron chi connectivity index (χ4n) is 2.29. The first-order chi connectivity index (χ1) is 9.26. The van der Waals surface area contributed by atoms with E-state index in [0.29, 0.717) is 6.42 Å². The first kappa shape index (κ1) is 11.9. The molecule has 0 spiro atoms. The molecular weight excluding hydrogens is 240 g/mol. The van der Waals surface area contributed by atoms with Gasteiger partial charge < -0.3 is 10.6 Å². The van der Waals surface area contributed by atoms with E-state index < -0.39 is 0 Å². The largest absolute Gasteiger partial charge is 0.326 e. The topological polar surface area (TPSA) is 69.8 Å². The lowest BCUT2D eigenvalue weighted by Gasteiger charge is -2.00. The molecule has 0 atom stereocenters. The minimum Gasteiger partial charge on any atom is -0.326 e. The van der Waals surface area contributed by atoms with Gasteiger partial charge in [0.1, 0.15) is 0 Å². The van der Waals surface area contributed by atoms with Crippen LogP contribution in [0, 0.1) is 0 Å². The first-order valence-electron chi connectivity index (χ1n) is 6.38. The number of amides is 1. The van der Waals surface area contributed by atoms with Crippen LogP contribution in [-0.4, -0.2) is 29.7 Å². The van der Waals surface area contributed by atoms with Gasteiger partial charge in [-0.1, -0.05) is 6.07 Å². The molecule has 0 radical (unpaired) electrons. The van der Waals surface area contributed by atoms with Gasteiger partial charge in [0.2, 0.25) is 5.91 Å². The van der Waals surface area contributed by atoms with E-state index in [4.69, 9.17) is 0 Å². The van der Waals surface area contributed by atoms with Gasteiger partial charge in [0.05, 0.1) is 12.1 Å². The van der Waals surface area contributed by atoms with Crippen molar-refractivity contribution < 1.29 is 4.79 Å². The van der Waals surface area contributed by atoms with Crippen molar-refractivity contribution >= 4 is 11.6 Å². The lowest BCUT2D eigenvalue weighted by Crippen LogP contribution is -2.10. The van der Waals surface area contributed by atoms with Gasteiger partial charge in [0, 0.05) is 29.9 Å². The summed E-state index contributed by atoms with van der Waals surface area (Å²) in [5.41, 5.74) is 5.04. The van der Waals surface area contributed by atoms with E-state index in [1.165, 1.54) is 0 Å². The number of hydrogen-bond acceptors (Lipinski definition) is 3. The summed E-state index contributed by atoms with van der Waals surface area (Å²) < 4.78 is 0. The third-order valence-electron chi connectivity index (χ3n) is 3.30. The van der Waals surface area contributed by atoms with E-state index in [1.807, 2.05) is 25.2 Å². The maximum absolute atomic E-state index is 11.3. The molecule has 1 amide bonds. The van der Waals surface area contributed by atoms with Crippen LogP contribution in [0.1, 0.15) is 11.3 Å². The lowest BCUT2D eigenvalue weighted by molar-refractivity contribution is -0.115. The van der Waals surface area contributed by atoms with Crippen LogP contribution in [0.15, 0.2) is 24.3 Å². The number of aromatic amines is 1. The number of nitrogens with one attached hydrogen (secondary N) is 3. The summed E-state index contributed by atoms with van der Waals surface area (Å²) in [7, 11) is 1.93. The van der Waals surface area contributed by atoms with Crippen LogP contribution in [-0.2, 0) is 17.6 Å². The summed E-state index contributed by atoms with van der Waals surface area (Å²) in [5, 5.41) is 13.3. The Hall–Kier alpha value is -2.14. The monoisotopic (exact) mass is 256 g/mol. The molecule has 5 nitrogen and oxygen atoms in total. The zero-order chi connectivity index (χ0) is 13.2. The standard InChI is InChI=1S/C14H16N4O/c1-15-5-4-11-8-13(18-17-11)9-2-3-12-10(6-9)7-14(19)16-12/h2-3,6,8,15H,4-5,7H2,1H3,(H,16,19)(H,17,18). The highest BCUT2D eigenvalue weighted by atomic mass is 16.1. The maximum atomic E-state index is 11.3. The van der Waals surface area contributed by atoms with Crippen molar-refractivity contribution in [3.8, 4) is 11.3 Å². The zero-order valence-corrected chi connectivity index (χ0v) is 10.8. The molecule has 0 saturated carbocycles. The summed E-state index contributed by atoms with van der Waals surface area (Å²) in [6.07, 6.45) is 1.38. The molecule has 98 valence electrons. The van der Waals surface area contributed by atoms with Gasteiger partial charge in [-0.25, -0.2) is 0 Å². The van der Waals surface area contributed by atoms with E-state index in [2.05, 4.69) is 26.9 Å². The van der Waals surface area contributed by atoms with Crippen LogP contribution in [0.4, 0.5) is 5.69 Å². The Morgan fingerprint density at radius 2 is 2.26 bits per heavy atom. The van der Waals surface area contributed by atoms with Gasteiger partial charge >= 0.3 is 0 Å². The molecule has 19 heavy (non-hydrogen) atoms. The number of hydrogen-bond donors (Lipinski definition) is 3. The highest BCUT2D eigenvalue weighted by Crippen LogP contribution is 2.28. The molecule has 1 aromatic carbocycles. The number of carbonyl (C=O) groups excluding carboxylic acids is 1. The molecule has 1 aromatic heterocycles. The van der Waals surface area contributed by atoms with E-state index >= 15 is 0 Å². The molecule has 2 heterocycles. The predicted octanol–water partition coefficient (Wildman–Crippen LogP) is 1.33. The fourth-order valence-corrected chi connectivity index (χ4v) is 2.29. The van der Waals surface area contributed by atoms with Crippen molar-refractivity contribution in [2.24, 2.45) is 0 Å². The van der Waals surface area contributed by atoms with Crippen molar-refractivity contribution in [1.82, 2.24) is 15.5 Å². The zero-order valence-electron chi connectivity index (χ0n) is 10.8. The number of carbonyl (C=O) groups is 1. The minimum absolute atomic E-state index is 0.0592. The quantitative estimate of drug-likeness (QED) is 0.773. The van der Waals surface area contributed by atoms with Crippen molar-refractivity contribution in [2.45, 2.75) is 12.8 Å². The van der Waals surface area contributed by atoms with Gasteiger partial charge in [-0.05, 0) is 30.8 Å². The summed E-state index contributed by atoms with van der Waals surface area (Å²) in [6.45, 7) is 0.921. The molecular formula is C14H16N4O. The Balaban J connectivity index is 1.84. The maximum Gasteiger partial charge on any atom is 0.228 e. The number of H-pyrrole nitrogens is 1. The minimum atomic E-state index is 0.0592. The van der Waals surface area contributed by atoms with E-state index in [9.17, 15) is 4.79 Å². The Bertz CT molecular complexity index is 618. The summed E-state index contributed by atoms with van der Waals surface area (Å²) in [4.78, 5) is 11.3. The Morgan fingerprint density at radius 3 is 3.11 bits per heavy atom. The molecule has 0 bridgehead atoms. The van der Waals surface area contributed by atoms with Crippen LogP contribution in [0.25, 0.3) is 11.3 Å². The highest BCUT2D eigenvalue weighted by molar-refractivity contribution is 5.99. The second-order valence-corrected chi connectivity index (χ2v) is 4.73. The fraction of sp³-hybridized carbons (Fsp3) is 0.286. The van der Waals surface area contributed by atoms with Gasteiger partial charge in [-0.15, -0.1) is 0 Å². The molecule has 1 aliphatic heterocycles. The second kappa shape index (κ2) is 4.85. The van der Waals surface area contributed by atoms with Gasteiger partial charge in [-0.3, -0.25) is 9.89 Å². The molecule has 3 rings (SSSR count). The predicted molar refractivity (Wildman–Crippen MR) is 74.0 cm³/mol. The van der Waals surface area contributed by atoms with Crippen LogP contribution in [0.5, 0.6) is 0 Å². The lowest BCUT2D eigenvalue weighted by atomic mass is 10.1. The van der Waals surface area contributed by atoms with Crippen LogP contribution in [0.3, 0.4) is 0 Å². The number of likely N-dealkylation sites (N-methyl/N-ethyl adjacent to an activating group) is 1. The molecule has 0 fully saturated rings. The summed E-state index contributed by atoms with van der Waals surface area (Å²) >= 11 is 0. The van der Waals surface area contributed by atoms with E-state index in [0.717, 1.165) is 41.2 Å². The summed E-state index contributed by atoms with van der Waals surface area (Å²) in [5.74, 6) is 0.0592. The number of nitrogens with zero attached hydrogens (tertiary/aromatic N) is 1. The van der Waals surface area contributed by atoms with Crippen LogP contribution >= 0.6 is 0 Å². The average Bonchev–Trinajstić information content (AvgIpc) is 3.00. The number of fused-ring (bicyclic) bond motifs is 1. The third kappa shape index (κ3) is 2.37. The molecule has 3 N–H and O–H groups in total. The van der Waals surface area contributed by atoms with E-state index in [-0.39, 0.29) is 5.91 Å². The van der Waals surface area contributed by atoms with Gasteiger partial charge in [0.25, 0.3) is 0 Å². The van der Waals surface area contributed by atoms with Crippen molar-refractivity contribution in [3.63, 3.8) is 0 Å². The highest BCUT2D eigenvalue weighted by Gasteiger charge is 2.18. The molecule has 2 aromatic rings. The first-order valence-corrected chi connectivity index (χ1v) is 6.38. The third-order valence-corrected chi connectivity index (χ3v) is 3.30. The van der Waals surface area contributed by atoms with Crippen LogP contribution in [0.2, 0.25) is 0 Å². The molecule has 1 aliphatic rings. The SMILES string of the molecule is CNCCc1cc(-c2ccc3c(c2)CC(=O)N3)n[nH]1. The summed E-state index contributed by atoms with van der Waals surface area (Å²) in [6, 6.07) is 8.02. The molecule has 0 unspecified atom stereocenters. The van der Waals surface area contributed by atoms with Gasteiger partial charge in [0.15, 0.2) is 0 Å².